The van der Waals surface area contributed by atoms with Crippen LogP contribution in [0.4, 0.5) is 0 Å². The Balaban J connectivity index is 1.26. The molecule has 164 valence electrons. The fraction of sp³-hybridized carbons (Fsp3) is 0.143. The zero-order valence-corrected chi connectivity index (χ0v) is 19.8. The summed E-state index contributed by atoms with van der Waals surface area (Å²) < 4.78 is 0. The van der Waals surface area contributed by atoms with E-state index in [1.54, 1.807) is 5.56 Å². The Morgan fingerprint density at radius 1 is 0.400 bits per heavy atom. The summed E-state index contributed by atoms with van der Waals surface area (Å²) >= 11 is 0. The molecule has 0 amide bonds. The lowest BCUT2D eigenvalue weighted by molar-refractivity contribution is 1.19. The summed E-state index contributed by atoms with van der Waals surface area (Å²) in [6.07, 6.45) is 4.25. The van der Waals surface area contributed by atoms with Gasteiger partial charge in [0.05, 0.1) is 0 Å². The van der Waals surface area contributed by atoms with Crippen LogP contribution in [0.2, 0.25) is 0 Å². The zero-order chi connectivity index (χ0) is 22.8. The highest BCUT2D eigenvalue weighted by molar-refractivity contribution is 5.98. The van der Waals surface area contributed by atoms with Crippen LogP contribution >= 0.6 is 0 Å². The first-order chi connectivity index (χ1) is 17.2. The second kappa shape index (κ2) is 6.20. The molecule has 0 heterocycles. The van der Waals surface area contributed by atoms with Crippen LogP contribution in [0.5, 0.6) is 0 Å². The van der Waals surface area contributed by atoms with Crippen LogP contribution in [0.15, 0.2) is 78.9 Å². The molecule has 5 aromatic carbocycles. The van der Waals surface area contributed by atoms with Gasteiger partial charge in [0, 0.05) is 0 Å². The molecule has 0 bridgehead atoms. The van der Waals surface area contributed by atoms with E-state index < -0.39 is 0 Å². The molecule has 0 spiro atoms. The van der Waals surface area contributed by atoms with E-state index in [0.717, 1.165) is 25.7 Å². The smallest absolute Gasteiger partial charge is 0.000718 e. The Kier molecular flexibility index (Phi) is 3.27. The Morgan fingerprint density at radius 3 is 1.89 bits per heavy atom. The average Bonchev–Trinajstić information content (AvgIpc) is 3.61. The predicted octanol–water partition coefficient (Wildman–Crippen LogP) is 8.28. The van der Waals surface area contributed by atoms with Crippen molar-refractivity contribution in [1.29, 1.82) is 0 Å². The molecule has 4 aliphatic carbocycles. The summed E-state index contributed by atoms with van der Waals surface area (Å²) in [6.45, 7) is 2.31. The molecule has 9 rings (SSSR count). The maximum atomic E-state index is 2.56. The zero-order valence-electron chi connectivity index (χ0n) is 19.8. The number of fused-ring (bicyclic) bond motifs is 14. The first-order valence-electron chi connectivity index (χ1n) is 12.9. The van der Waals surface area contributed by atoms with Gasteiger partial charge in [-0.3, -0.25) is 0 Å². The average molecular weight is 445 g/mol. The van der Waals surface area contributed by atoms with Gasteiger partial charge >= 0.3 is 0 Å². The number of hydrogen-bond acceptors (Lipinski definition) is 0. The lowest BCUT2D eigenvalue weighted by Crippen LogP contribution is -1.92. The van der Waals surface area contributed by atoms with Crippen LogP contribution in [-0.2, 0) is 25.7 Å². The normalized spacial score (nSPS) is 14.5. The van der Waals surface area contributed by atoms with E-state index >= 15 is 0 Å². The highest BCUT2D eigenvalue weighted by Crippen LogP contribution is 2.54. The molecule has 4 aliphatic rings. The van der Waals surface area contributed by atoms with Crippen LogP contribution < -0.4 is 0 Å². The number of rotatable bonds is 0. The van der Waals surface area contributed by atoms with Gasteiger partial charge in [0.25, 0.3) is 0 Å². The maximum Gasteiger partial charge on any atom is -0.000718 e. The van der Waals surface area contributed by atoms with Gasteiger partial charge in [-0.05, 0) is 139 Å². The van der Waals surface area contributed by atoms with E-state index in [4.69, 9.17) is 0 Å². The van der Waals surface area contributed by atoms with Crippen molar-refractivity contribution in [3.05, 3.63) is 129 Å². The van der Waals surface area contributed by atoms with E-state index in [9.17, 15) is 0 Å². The van der Waals surface area contributed by atoms with Gasteiger partial charge in [0.15, 0.2) is 0 Å². The Bertz CT molecular complexity index is 1800. The molecule has 0 radical (unpaired) electrons. The van der Waals surface area contributed by atoms with Gasteiger partial charge < -0.3 is 0 Å². The standard InChI is InChI=1S/C35H24/c1-19-12-25-14-24-17-30-23(18-31(24)34(25)35-27-9-5-3-7-21(27)15-29(19)35)13-22-10-11-28-26-8-4-2-6-20(26)16-32(28)33(22)30/h2-12,17-18H,13-16H2,1H3. The summed E-state index contributed by atoms with van der Waals surface area (Å²) in [5.41, 5.74) is 25.4. The van der Waals surface area contributed by atoms with E-state index in [-0.39, 0.29) is 0 Å². The van der Waals surface area contributed by atoms with E-state index in [0.29, 0.717) is 0 Å². The van der Waals surface area contributed by atoms with Crippen molar-refractivity contribution in [3.8, 4) is 44.5 Å². The minimum atomic E-state index is 1.05. The molecule has 0 nitrogen and oxygen atoms in total. The van der Waals surface area contributed by atoms with Crippen LogP contribution in [0.1, 0.15) is 50.1 Å². The Morgan fingerprint density at radius 2 is 1.06 bits per heavy atom. The highest BCUT2D eigenvalue weighted by atomic mass is 14.4. The van der Waals surface area contributed by atoms with Gasteiger partial charge in [0.1, 0.15) is 0 Å². The third kappa shape index (κ3) is 2.24. The molecule has 0 fully saturated rings. The Hall–Kier alpha value is -3.90. The van der Waals surface area contributed by atoms with Crippen molar-refractivity contribution < 1.29 is 0 Å². The molecule has 35 heavy (non-hydrogen) atoms. The summed E-state index contributed by atoms with van der Waals surface area (Å²) in [5.74, 6) is 0. The minimum absolute atomic E-state index is 1.05. The van der Waals surface area contributed by atoms with Crippen molar-refractivity contribution in [2.75, 3.05) is 0 Å². The summed E-state index contributed by atoms with van der Waals surface area (Å²) in [5, 5.41) is 0. The predicted molar refractivity (Wildman–Crippen MR) is 144 cm³/mol. The van der Waals surface area contributed by atoms with Crippen LogP contribution in [-0.4, -0.2) is 0 Å². The molecular weight excluding hydrogens is 420 g/mol. The molecule has 0 aromatic heterocycles. The Labute approximate surface area is 205 Å². The first-order valence-corrected chi connectivity index (χ1v) is 12.9. The number of hydrogen-bond donors (Lipinski definition) is 0. The van der Waals surface area contributed by atoms with Gasteiger partial charge in [0.2, 0.25) is 0 Å². The number of benzene rings is 5. The lowest BCUT2D eigenvalue weighted by Gasteiger charge is -2.14. The molecular formula is C35H24. The third-order valence-electron chi connectivity index (χ3n) is 9.10. The van der Waals surface area contributed by atoms with Gasteiger partial charge in [-0.25, -0.2) is 0 Å². The first kappa shape index (κ1) is 18.4. The maximum absolute atomic E-state index is 2.56. The van der Waals surface area contributed by atoms with Gasteiger partial charge in [-0.2, -0.15) is 0 Å². The van der Waals surface area contributed by atoms with Gasteiger partial charge in [-0.1, -0.05) is 66.7 Å². The van der Waals surface area contributed by atoms with Crippen molar-refractivity contribution in [2.24, 2.45) is 0 Å². The molecule has 0 saturated heterocycles. The molecule has 0 atom stereocenters. The SMILES string of the molecule is Cc1cc2c(c3c1Cc1ccccc1-3)-c1cc3c(cc1C2)-c1c(ccc2c1Cc1ccccc1-2)C3. The topological polar surface area (TPSA) is 0 Å². The van der Waals surface area contributed by atoms with Crippen molar-refractivity contribution in [2.45, 2.75) is 32.6 Å². The molecule has 5 aromatic rings. The third-order valence-corrected chi connectivity index (χ3v) is 9.10. The van der Waals surface area contributed by atoms with E-state index in [2.05, 4.69) is 85.8 Å². The largest absolute Gasteiger partial charge is 0.0619 e. The van der Waals surface area contributed by atoms with Crippen LogP contribution in [0.3, 0.4) is 0 Å². The number of aryl methyl sites for hydroxylation is 1. The second-order valence-corrected chi connectivity index (χ2v) is 10.9. The fourth-order valence-corrected chi connectivity index (χ4v) is 7.61. The van der Waals surface area contributed by atoms with E-state index in [1.165, 1.54) is 89.0 Å². The lowest BCUT2D eigenvalue weighted by atomic mass is 9.90. The molecule has 0 aliphatic heterocycles. The molecule has 0 unspecified atom stereocenters. The minimum Gasteiger partial charge on any atom is -0.0619 e. The quantitative estimate of drug-likeness (QED) is 0.221. The highest BCUT2D eigenvalue weighted by Gasteiger charge is 2.33. The van der Waals surface area contributed by atoms with Crippen molar-refractivity contribution in [1.82, 2.24) is 0 Å². The molecule has 0 N–H and O–H groups in total. The molecule has 0 saturated carbocycles. The van der Waals surface area contributed by atoms with Gasteiger partial charge in [-0.15, -0.1) is 0 Å². The summed E-state index contributed by atoms with van der Waals surface area (Å²) in [4.78, 5) is 0. The van der Waals surface area contributed by atoms with E-state index in [1.807, 2.05) is 0 Å². The second-order valence-electron chi connectivity index (χ2n) is 10.9. The molecule has 0 heteroatoms. The summed E-state index contributed by atoms with van der Waals surface area (Å²) in [7, 11) is 0. The summed E-state index contributed by atoms with van der Waals surface area (Å²) in [6, 6.07) is 30.4. The fourth-order valence-electron chi connectivity index (χ4n) is 7.61. The monoisotopic (exact) mass is 444 g/mol. The van der Waals surface area contributed by atoms with Crippen LogP contribution in [0.25, 0.3) is 44.5 Å². The van der Waals surface area contributed by atoms with Crippen LogP contribution in [0, 0.1) is 6.92 Å². The van der Waals surface area contributed by atoms with Crippen molar-refractivity contribution >= 4 is 0 Å². The van der Waals surface area contributed by atoms with Crippen molar-refractivity contribution in [3.63, 3.8) is 0 Å².